The highest BCUT2D eigenvalue weighted by Gasteiger charge is 2.49. The molecule has 1 aromatic carbocycles. The smallest absolute Gasteiger partial charge is 0.290 e. The Morgan fingerprint density at radius 3 is 2.77 bits per heavy atom. The van der Waals surface area contributed by atoms with E-state index in [1.165, 1.54) is 6.42 Å². The molecule has 7 heteroatoms. The molecule has 1 aromatic heterocycles. The first-order valence-corrected chi connectivity index (χ1v) is 11.3. The molecule has 2 aromatic rings. The van der Waals surface area contributed by atoms with Crippen molar-refractivity contribution in [3.8, 4) is 0 Å². The number of hydrogen-bond donors (Lipinski definition) is 1. The molecule has 1 saturated carbocycles. The van der Waals surface area contributed by atoms with Crippen LogP contribution in [-0.4, -0.2) is 57.1 Å². The molecule has 5 rings (SSSR count). The number of ether oxygens (including phenoxy) is 1. The lowest BCUT2D eigenvalue weighted by atomic mass is 9.91. The van der Waals surface area contributed by atoms with Gasteiger partial charge in [0.25, 0.3) is 5.91 Å². The molecular weight excluding hydrogens is 380 g/mol. The molecule has 30 heavy (non-hydrogen) atoms. The van der Waals surface area contributed by atoms with E-state index in [4.69, 9.17) is 4.74 Å². The second kappa shape index (κ2) is 7.69. The predicted molar refractivity (Wildman–Crippen MR) is 113 cm³/mol. The van der Waals surface area contributed by atoms with E-state index in [0.29, 0.717) is 18.9 Å². The van der Waals surface area contributed by atoms with E-state index in [1.54, 1.807) is 4.90 Å². The summed E-state index contributed by atoms with van der Waals surface area (Å²) in [6.07, 6.45) is 7.45. The van der Waals surface area contributed by atoms with Crippen molar-refractivity contribution in [3.05, 3.63) is 30.1 Å². The minimum Gasteiger partial charge on any atom is -0.376 e. The summed E-state index contributed by atoms with van der Waals surface area (Å²) in [6.45, 7) is 3.45. The molecular formula is C23H30N4O3. The molecule has 7 nitrogen and oxygen atoms in total. The van der Waals surface area contributed by atoms with Crippen molar-refractivity contribution in [1.29, 1.82) is 0 Å². The highest BCUT2D eigenvalue weighted by molar-refractivity contribution is 6.01. The Balaban J connectivity index is 1.51. The van der Waals surface area contributed by atoms with Gasteiger partial charge in [-0.05, 0) is 44.7 Å². The van der Waals surface area contributed by atoms with Gasteiger partial charge in [0.15, 0.2) is 5.82 Å². The molecule has 160 valence electrons. The van der Waals surface area contributed by atoms with Crippen molar-refractivity contribution in [1.82, 2.24) is 19.8 Å². The minimum absolute atomic E-state index is 0.0216. The summed E-state index contributed by atoms with van der Waals surface area (Å²) in [7, 11) is 0. The maximum atomic E-state index is 13.6. The number of amides is 2. The van der Waals surface area contributed by atoms with Crippen LogP contribution in [-0.2, 0) is 16.1 Å². The van der Waals surface area contributed by atoms with Crippen molar-refractivity contribution >= 4 is 22.8 Å². The van der Waals surface area contributed by atoms with E-state index >= 15 is 0 Å². The van der Waals surface area contributed by atoms with Gasteiger partial charge in [0, 0.05) is 19.2 Å². The highest BCUT2D eigenvalue weighted by Crippen LogP contribution is 2.32. The van der Waals surface area contributed by atoms with Gasteiger partial charge in [-0.25, -0.2) is 4.98 Å². The lowest BCUT2D eigenvalue weighted by Gasteiger charge is -2.45. The normalized spacial score (nSPS) is 27.4. The Labute approximate surface area is 176 Å². The highest BCUT2D eigenvalue weighted by atomic mass is 16.5. The fraction of sp³-hybridized carbons (Fsp3) is 0.609. The third-order valence-electron chi connectivity index (χ3n) is 6.99. The van der Waals surface area contributed by atoms with Crippen LogP contribution in [0.25, 0.3) is 11.0 Å². The van der Waals surface area contributed by atoms with Crippen molar-refractivity contribution in [3.63, 3.8) is 0 Å². The summed E-state index contributed by atoms with van der Waals surface area (Å²) in [4.78, 5) is 33.5. The van der Waals surface area contributed by atoms with Gasteiger partial charge in [-0.3, -0.25) is 9.59 Å². The first kappa shape index (κ1) is 19.5. The number of aromatic nitrogens is 2. The van der Waals surface area contributed by atoms with Crippen LogP contribution >= 0.6 is 0 Å². The fourth-order valence-electron chi connectivity index (χ4n) is 5.20. The second-order valence-electron chi connectivity index (χ2n) is 9.14. The topological polar surface area (TPSA) is 76.5 Å². The predicted octanol–water partition coefficient (Wildman–Crippen LogP) is 2.88. The molecule has 0 radical (unpaired) electrons. The standard InChI is InChI=1S/C23H30N4O3/c1-23(22(29)24-16-8-3-2-4-9-16)15-26-19-12-6-5-11-18(19)25-20(26)21(28)27(23)14-17-10-7-13-30-17/h5-6,11-12,16-17H,2-4,7-10,13-15H2,1H3,(H,24,29)/t17-,23+/m1/s1. The second-order valence-corrected chi connectivity index (χ2v) is 9.14. The first-order valence-electron chi connectivity index (χ1n) is 11.3. The van der Waals surface area contributed by atoms with E-state index in [9.17, 15) is 9.59 Å². The lowest BCUT2D eigenvalue weighted by molar-refractivity contribution is -0.134. The zero-order valence-corrected chi connectivity index (χ0v) is 17.6. The van der Waals surface area contributed by atoms with Gasteiger partial charge < -0.3 is 19.5 Å². The Morgan fingerprint density at radius 2 is 2.00 bits per heavy atom. The molecule has 2 amide bonds. The number of benzene rings is 1. The number of rotatable bonds is 4. The third-order valence-corrected chi connectivity index (χ3v) is 6.99. The van der Waals surface area contributed by atoms with E-state index in [2.05, 4.69) is 10.3 Å². The molecule has 0 unspecified atom stereocenters. The zero-order chi connectivity index (χ0) is 20.7. The van der Waals surface area contributed by atoms with E-state index in [-0.39, 0.29) is 24.0 Å². The van der Waals surface area contributed by atoms with Crippen LogP contribution in [0.3, 0.4) is 0 Å². The van der Waals surface area contributed by atoms with Gasteiger partial charge >= 0.3 is 0 Å². The maximum Gasteiger partial charge on any atom is 0.290 e. The number of hydrogen-bond acceptors (Lipinski definition) is 4. The molecule has 1 saturated heterocycles. The number of para-hydroxylation sites is 2. The van der Waals surface area contributed by atoms with Crippen LogP contribution in [0.5, 0.6) is 0 Å². The van der Waals surface area contributed by atoms with Crippen LogP contribution in [0.4, 0.5) is 0 Å². The first-order chi connectivity index (χ1) is 14.6. The van der Waals surface area contributed by atoms with Gasteiger partial charge in [0.2, 0.25) is 5.91 Å². The quantitative estimate of drug-likeness (QED) is 0.841. The van der Waals surface area contributed by atoms with Gasteiger partial charge in [0.05, 0.1) is 23.7 Å². The van der Waals surface area contributed by atoms with Crippen molar-refractivity contribution in [2.75, 3.05) is 13.2 Å². The largest absolute Gasteiger partial charge is 0.376 e. The van der Waals surface area contributed by atoms with Crippen LogP contribution < -0.4 is 5.32 Å². The molecule has 3 aliphatic rings. The average molecular weight is 411 g/mol. The summed E-state index contributed by atoms with van der Waals surface area (Å²) >= 11 is 0. The average Bonchev–Trinajstić information content (AvgIpc) is 3.40. The molecule has 2 atom stereocenters. The SMILES string of the molecule is C[C@@]1(C(=O)NC2CCCCC2)Cn2c(nc3ccccc32)C(=O)N1C[C@H]1CCCO1. The van der Waals surface area contributed by atoms with Crippen LogP contribution in [0.2, 0.25) is 0 Å². The number of carbonyl (C=O) groups excluding carboxylic acids is 2. The molecule has 2 fully saturated rings. The van der Waals surface area contributed by atoms with Gasteiger partial charge in [-0.2, -0.15) is 0 Å². The van der Waals surface area contributed by atoms with Crippen molar-refractivity contribution in [2.24, 2.45) is 0 Å². The summed E-state index contributed by atoms with van der Waals surface area (Å²) in [5, 5.41) is 3.27. The third kappa shape index (κ3) is 3.29. The number of carbonyl (C=O) groups is 2. The monoisotopic (exact) mass is 410 g/mol. The Kier molecular flexibility index (Phi) is 5.01. The van der Waals surface area contributed by atoms with E-state index in [1.807, 2.05) is 35.8 Å². The summed E-state index contributed by atoms with van der Waals surface area (Å²) in [6, 6.07) is 7.94. The number of nitrogens with one attached hydrogen (secondary N) is 1. The molecule has 0 spiro atoms. The van der Waals surface area contributed by atoms with E-state index < -0.39 is 5.54 Å². The minimum atomic E-state index is -0.975. The molecule has 2 aliphatic heterocycles. The van der Waals surface area contributed by atoms with Crippen LogP contribution in [0.1, 0.15) is 62.5 Å². The van der Waals surface area contributed by atoms with Gasteiger partial charge in [-0.1, -0.05) is 31.4 Å². The molecule has 3 heterocycles. The van der Waals surface area contributed by atoms with Gasteiger partial charge in [-0.15, -0.1) is 0 Å². The molecule has 0 bridgehead atoms. The van der Waals surface area contributed by atoms with Crippen LogP contribution in [0.15, 0.2) is 24.3 Å². The zero-order valence-electron chi connectivity index (χ0n) is 17.6. The molecule has 1 N–H and O–H groups in total. The van der Waals surface area contributed by atoms with Gasteiger partial charge in [0.1, 0.15) is 5.54 Å². The van der Waals surface area contributed by atoms with Crippen LogP contribution in [0, 0.1) is 0 Å². The number of nitrogens with zero attached hydrogens (tertiary/aromatic N) is 3. The maximum absolute atomic E-state index is 13.6. The number of fused-ring (bicyclic) bond motifs is 3. The Bertz CT molecular complexity index is 959. The van der Waals surface area contributed by atoms with E-state index in [0.717, 1.165) is 56.2 Å². The molecule has 1 aliphatic carbocycles. The summed E-state index contributed by atoms with van der Waals surface area (Å²) in [5.41, 5.74) is 0.709. The van der Waals surface area contributed by atoms with Crippen molar-refractivity contribution < 1.29 is 14.3 Å². The summed E-state index contributed by atoms with van der Waals surface area (Å²) < 4.78 is 7.74. The Morgan fingerprint density at radius 1 is 1.20 bits per heavy atom. The fourth-order valence-corrected chi connectivity index (χ4v) is 5.20. The Hall–Kier alpha value is -2.41. The lowest BCUT2D eigenvalue weighted by Crippen LogP contribution is -2.66. The van der Waals surface area contributed by atoms with Crippen molar-refractivity contribution in [2.45, 2.75) is 76.1 Å². The summed E-state index contributed by atoms with van der Waals surface area (Å²) in [5.74, 6) is 0.163. The number of imidazole rings is 1.